The first-order chi connectivity index (χ1) is 9.06. The van der Waals surface area contributed by atoms with Crippen LogP contribution in [0.3, 0.4) is 0 Å². The van der Waals surface area contributed by atoms with Crippen molar-refractivity contribution in [2.24, 2.45) is 0 Å². The molecular weight excluding hydrogens is 250 g/mol. The maximum atomic E-state index is 12.1. The molecule has 0 saturated carbocycles. The fraction of sp³-hybridized carbons (Fsp3) is 0.538. The Kier molecular flexibility index (Phi) is 4.21. The van der Waals surface area contributed by atoms with Crippen LogP contribution in [0.4, 0.5) is 0 Å². The van der Waals surface area contributed by atoms with Gasteiger partial charge in [-0.05, 0) is 25.0 Å². The van der Waals surface area contributed by atoms with Gasteiger partial charge in [0.05, 0.1) is 25.2 Å². The highest BCUT2D eigenvalue weighted by atomic mass is 16.5. The van der Waals surface area contributed by atoms with Crippen LogP contribution in [0.5, 0.6) is 0 Å². The molecule has 1 amide bonds. The van der Waals surface area contributed by atoms with Crippen LogP contribution in [-0.4, -0.2) is 47.2 Å². The Hall–Kier alpha value is -1.82. The number of amides is 1. The quantitative estimate of drug-likeness (QED) is 0.877. The van der Waals surface area contributed by atoms with Gasteiger partial charge in [0.25, 0.3) is 0 Å². The zero-order valence-electron chi connectivity index (χ0n) is 10.7. The average Bonchev–Trinajstić information content (AvgIpc) is 2.88. The third kappa shape index (κ3) is 3.57. The molecule has 2 atom stereocenters. The number of hydrogen-bond donors (Lipinski definition) is 1. The SMILES string of the molecule is C[C@@H]1CN(C(=O)CCc2ccoc2)CC(C(=O)O)O1. The molecule has 2 rings (SSSR count). The Morgan fingerprint density at radius 2 is 2.26 bits per heavy atom. The monoisotopic (exact) mass is 267 g/mol. The fourth-order valence-electron chi connectivity index (χ4n) is 2.14. The van der Waals surface area contributed by atoms with Gasteiger partial charge in [0.2, 0.25) is 5.91 Å². The smallest absolute Gasteiger partial charge is 0.334 e. The molecule has 2 heterocycles. The summed E-state index contributed by atoms with van der Waals surface area (Å²) in [6, 6.07) is 1.81. The molecule has 6 nitrogen and oxygen atoms in total. The van der Waals surface area contributed by atoms with E-state index in [0.29, 0.717) is 19.4 Å². The van der Waals surface area contributed by atoms with Crippen molar-refractivity contribution in [3.05, 3.63) is 24.2 Å². The number of aliphatic carboxylic acids is 1. The van der Waals surface area contributed by atoms with Crippen molar-refractivity contribution in [3.8, 4) is 0 Å². The van der Waals surface area contributed by atoms with Crippen molar-refractivity contribution in [1.29, 1.82) is 0 Å². The number of rotatable bonds is 4. The zero-order chi connectivity index (χ0) is 13.8. The summed E-state index contributed by atoms with van der Waals surface area (Å²) in [7, 11) is 0. The zero-order valence-corrected chi connectivity index (χ0v) is 10.7. The lowest BCUT2D eigenvalue weighted by atomic mass is 10.1. The molecule has 1 aliphatic rings. The Morgan fingerprint density at radius 3 is 2.89 bits per heavy atom. The molecule has 0 radical (unpaired) electrons. The largest absolute Gasteiger partial charge is 0.479 e. The molecule has 1 saturated heterocycles. The van der Waals surface area contributed by atoms with E-state index < -0.39 is 12.1 Å². The molecule has 0 spiro atoms. The van der Waals surface area contributed by atoms with Gasteiger partial charge in [-0.1, -0.05) is 0 Å². The van der Waals surface area contributed by atoms with Crippen LogP contribution in [-0.2, 0) is 20.7 Å². The van der Waals surface area contributed by atoms with Gasteiger partial charge in [0.15, 0.2) is 6.10 Å². The van der Waals surface area contributed by atoms with Crippen molar-refractivity contribution in [2.45, 2.75) is 32.0 Å². The van der Waals surface area contributed by atoms with E-state index in [-0.39, 0.29) is 18.6 Å². The second kappa shape index (κ2) is 5.88. The molecular formula is C13H17NO5. The van der Waals surface area contributed by atoms with Crippen molar-refractivity contribution in [1.82, 2.24) is 4.90 Å². The number of carbonyl (C=O) groups is 2. The average molecular weight is 267 g/mol. The second-order valence-corrected chi connectivity index (χ2v) is 4.70. The predicted molar refractivity (Wildman–Crippen MR) is 65.6 cm³/mol. The van der Waals surface area contributed by atoms with Gasteiger partial charge in [-0.15, -0.1) is 0 Å². The highest BCUT2D eigenvalue weighted by Crippen LogP contribution is 2.14. The van der Waals surface area contributed by atoms with Gasteiger partial charge in [0, 0.05) is 13.0 Å². The minimum Gasteiger partial charge on any atom is -0.479 e. The molecule has 6 heteroatoms. The van der Waals surface area contributed by atoms with Crippen molar-refractivity contribution < 1.29 is 23.8 Å². The fourth-order valence-corrected chi connectivity index (χ4v) is 2.14. The van der Waals surface area contributed by atoms with Gasteiger partial charge >= 0.3 is 5.97 Å². The number of ether oxygens (including phenoxy) is 1. The first-order valence-corrected chi connectivity index (χ1v) is 6.23. The van der Waals surface area contributed by atoms with E-state index in [1.807, 2.05) is 6.07 Å². The minimum atomic E-state index is -1.03. The molecule has 1 aromatic rings. The predicted octanol–water partition coefficient (Wildman–Crippen LogP) is 0.913. The van der Waals surface area contributed by atoms with Crippen LogP contribution in [0.25, 0.3) is 0 Å². The Bertz CT molecular complexity index is 442. The van der Waals surface area contributed by atoms with Gasteiger partial charge in [-0.3, -0.25) is 4.79 Å². The molecule has 1 unspecified atom stereocenters. The standard InChI is InChI=1S/C13H17NO5/c1-9-6-14(7-11(19-9)13(16)17)12(15)3-2-10-4-5-18-8-10/h4-5,8-9,11H,2-3,6-7H2,1H3,(H,16,17)/t9-,11?/m1/s1. The molecule has 1 aromatic heterocycles. The number of morpholine rings is 1. The first-order valence-electron chi connectivity index (χ1n) is 6.23. The van der Waals surface area contributed by atoms with E-state index in [2.05, 4.69) is 0 Å². The lowest BCUT2D eigenvalue weighted by molar-refractivity contribution is -0.166. The van der Waals surface area contributed by atoms with E-state index in [1.54, 1.807) is 24.3 Å². The van der Waals surface area contributed by atoms with Gasteiger partial charge in [-0.2, -0.15) is 0 Å². The van der Waals surface area contributed by atoms with Crippen LogP contribution in [0.2, 0.25) is 0 Å². The minimum absolute atomic E-state index is 0.0531. The van der Waals surface area contributed by atoms with E-state index in [4.69, 9.17) is 14.3 Å². The van der Waals surface area contributed by atoms with Crippen LogP contribution in [0.15, 0.2) is 23.0 Å². The van der Waals surface area contributed by atoms with E-state index >= 15 is 0 Å². The highest BCUT2D eigenvalue weighted by molar-refractivity contribution is 5.79. The number of carboxylic acids is 1. The summed E-state index contributed by atoms with van der Waals surface area (Å²) < 4.78 is 10.2. The van der Waals surface area contributed by atoms with E-state index in [9.17, 15) is 9.59 Å². The van der Waals surface area contributed by atoms with Crippen LogP contribution in [0, 0.1) is 0 Å². The molecule has 0 bridgehead atoms. The summed E-state index contributed by atoms with van der Waals surface area (Å²) in [6.45, 7) is 2.32. The van der Waals surface area contributed by atoms with Gasteiger partial charge in [0.1, 0.15) is 0 Å². The summed E-state index contributed by atoms with van der Waals surface area (Å²) in [6.07, 6.45) is 2.93. The lowest BCUT2D eigenvalue weighted by Crippen LogP contribution is -2.51. The Morgan fingerprint density at radius 1 is 1.47 bits per heavy atom. The topological polar surface area (TPSA) is 80.0 Å². The summed E-state index contributed by atoms with van der Waals surface area (Å²) >= 11 is 0. The maximum absolute atomic E-state index is 12.1. The van der Waals surface area contributed by atoms with Crippen molar-refractivity contribution >= 4 is 11.9 Å². The van der Waals surface area contributed by atoms with Crippen molar-refractivity contribution in [2.75, 3.05) is 13.1 Å². The third-order valence-electron chi connectivity index (χ3n) is 3.10. The molecule has 1 fully saturated rings. The molecule has 104 valence electrons. The van der Waals surface area contributed by atoms with Crippen LogP contribution in [0.1, 0.15) is 18.9 Å². The highest BCUT2D eigenvalue weighted by Gasteiger charge is 2.32. The Balaban J connectivity index is 1.89. The summed E-state index contributed by atoms with van der Waals surface area (Å²) in [4.78, 5) is 24.6. The summed E-state index contributed by atoms with van der Waals surface area (Å²) in [5.74, 6) is -1.08. The number of aryl methyl sites for hydroxylation is 1. The van der Waals surface area contributed by atoms with Crippen LogP contribution < -0.4 is 0 Å². The summed E-state index contributed by atoms with van der Waals surface area (Å²) in [5.41, 5.74) is 0.962. The summed E-state index contributed by atoms with van der Waals surface area (Å²) in [5, 5.41) is 8.96. The number of hydrogen-bond acceptors (Lipinski definition) is 4. The lowest BCUT2D eigenvalue weighted by Gasteiger charge is -2.35. The maximum Gasteiger partial charge on any atom is 0.334 e. The normalized spacial score (nSPS) is 23.3. The van der Waals surface area contributed by atoms with Crippen molar-refractivity contribution in [3.63, 3.8) is 0 Å². The molecule has 19 heavy (non-hydrogen) atoms. The molecule has 0 aliphatic carbocycles. The van der Waals surface area contributed by atoms with Gasteiger partial charge < -0.3 is 19.2 Å². The number of carboxylic acid groups (broad SMARTS) is 1. The van der Waals surface area contributed by atoms with E-state index in [0.717, 1.165) is 5.56 Å². The van der Waals surface area contributed by atoms with Crippen LogP contribution >= 0.6 is 0 Å². The molecule has 0 aromatic carbocycles. The second-order valence-electron chi connectivity index (χ2n) is 4.70. The Labute approximate surface area is 110 Å². The third-order valence-corrected chi connectivity index (χ3v) is 3.10. The number of furan rings is 1. The molecule has 1 N–H and O–H groups in total. The number of carbonyl (C=O) groups excluding carboxylic acids is 1. The van der Waals surface area contributed by atoms with E-state index in [1.165, 1.54) is 0 Å². The first kappa shape index (κ1) is 13.6. The number of nitrogens with zero attached hydrogens (tertiary/aromatic N) is 1. The van der Waals surface area contributed by atoms with Gasteiger partial charge in [-0.25, -0.2) is 4.79 Å². The molecule has 1 aliphatic heterocycles.